The summed E-state index contributed by atoms with van der Waals surface area (Å²) in [4.78, 5) is 16.0. The first-order valence-electron chi connectivity index (χ1n) is 6.98. The molecule has 1 aliphatic rings. The highest BCUT2D eigenvalue weighted by Gasteiger charge is 2.27. The van der Waals surface area contributed by atoms with Crippen LogP contribution in [0.5, 0.6) is 0 Å². The fourth-order valence-electron chi connectivity index (χ4n) is 3.12. The van der Waals surface area contributed by atoms with Crippen LogP contribution in [-0.4, -0.2) is 21.1 Å². The number of hydrogen-bond donors (Lipinski definition) is 1. The van der Waals surface area contributed by atoms with Gasteiger partial charge in [0.15, 0.2) is 4.77 Å². The molecule has 0 radical (unpaired) electrons. The number of hydrogen-bond acceptors (Lipinski definition) is 3. The van der Waals surface area contributed by atoms with Crippen molar-refractivity contribution in [2.24, 2.45) is 0 Å². The molecule has 1 N–H and O–H groups in total. The third-order valence-corrected chi connectivity index (χ3v) is 5.59. The smallest absolute Gasteiger partial charge is 0.262 e. The van der Waals surface area contributed by atoms with Crippen LogP contribution in [0.3, 0.4) is 0 Å². The summed E-state index contributed by atoms with van der Waals surface area (Å²) in [7, 11) is 0. The summed E-state index contributed by atoms with van der Waals surface area (Å²) in [5.74, 6) is 0. The first-order valence-corrected chi connectivity index (χ1v) is 8.68. The third-order valence-electron chi connectivity index (χ3n) is 4.14. The van der Waals surface area contributed by atoms with Gasteiger partial charge in [0.05, 0.1) is 16.9 Å². The highest BCUT2D eigenvalue weighted by Crippen LogP contribution is 2.35. The summed E-state index contributed by atoms with van der Waals surface area (Å²) in [5.41, 5.74) is 0.880. The van der Waals surface area contributed by atoms with Gasteiger partial charge in [-0.05, 0) is 43.4 Å². The van der Waals surface area contributed by atoms with Gasteiger partial charge in [-0.1, -0.05) is 25.0 Å². The van der Waals surface area contributed by atoms with E-state index in [0.717, 1.165) is 17.3 Å². The lowest BCUT2D eigenvalue weighted by Crippen LogP contribution is -2.34. The third kappa shape index (κ3) is 2.33. The molecule has 5 heteroatoms. The average Bonchev–Trinajstić information content (AvgIpc) is 2.48. The van der Waals surface area contributed by atoms with E-state index in [1.54, 1.807) is 0 Å². The molecule has 1 aromatic heterocycles. The largest absolute Gasteiger partial charge is 0.332 e. The molecule has 0 amide bonds. The molecule has 0 aliphatic heterocycles. The molecule has 0 spiro atoms. The van der Waals surface area contributed by atoms with Gasteiger partial charge in [-0.25, -0.2) is 0 Å². The molecule has 0 bridgehead atoms. The molecule has 2 atom stereocenters. The number of fused-ring (bicyclic) bond motifs is 1. The van der Waals surface area contributed by atoms with E-state index in [1.807, 2.05) is 40.6 Å². The van der Waals surface area contributed by atoms with Crippen LogP contribution in [0.25, 0.3) is 10.9 Å². The van der Waals surface area contributed by atoms with E-state index in [4.69, 9.17) is 12.2 Å². The van der Waals surface area contributed by atoms with Crippen LogP contribution in [0.2, 0.25) is 0 Å². The second kappa shape index (κ2) is 5.74. The Morgan fingerprint density at radius 1 is 1.30 bits per heavy atom. The quantitative estimate of drug-likeness (QED) is 0.855. The van der Waals surface area contributed by atoms with E-state index in [2.05, 4.69) is 11.2 Å². The van der Waals surface area contributed by atoms with Gasteiger partial charge in [-0.15, -0.1) is 0 Å². The maximum absolute atomic E-state index is 12.8. The standard InChI is InChI=1S/C15H18N2OS2/c1-20-13-9-5-4-8-12(13)17-14(18)10-6-2-3-7-11(10)16-15(17)19/h2-3,6-7,12-13H,4-5,8-9H2,1H3,(H,16,19). The molecule has 20 heavy (non-hydrogen) atoms. The molecule has 1 aromatic carbocycles. The molecule has 2 unspecified atom stereocenters. The van der Waals surface area contributed by atoms with Crippen molar-refractivity contribution < 1.29 is 0 Å². The lowest BCUT2D eigenvalue weighted by atomic mass is 9.94. The van der Waals surface area contributed by atoms with Gasteiger partial charge in [-0.2, -0.15) is 11.8 Å². The highest BCUT2D eigenvalue weighted by molar-refractivity contribution is 7.99. The van der Waals surface area contributed by atoms with Crippen molar-refractivity contribution in [2.75, 3.05) is 6.26 Å². The fourth-order valence-corrected chi connectivity index (χ4v) is 4.43. The minimum atomic E-state index is 0.0512. The summed E-state index contributed by atoms with van der Waals surface area (Å²) < 4.78 is 2.37. The predicted molar refractivity (Wildman–Crippen MR) is 88.2 cm³/mol. The Labute approximate surface area is 127 Å². The molecule has 1 fully saturated rings. The Kier molecular flexibility index (Phi) is 3.98. The average molecular weight is 306 g/mol. The second-order valence-corrected chi connectivity index (χ2v) is 6.74. The maximum atomic E-state index is 12.8. The number of thioether (sulfide) groups is 1. The molecule has 106 valence electrons. The van der Waals surface area contributed by atoms with Crippen LogP contribution in [-0.2, 0) is 0 Å². The van der Waals surface area contributed by atoms with E-state index >= 15 is 0 Å². The molecule has 2 aromatic rings. The van der Waals surface area contributed by atoms with Crippen molar-refractivity contribution >= 4 is 34.9 Å². The Morgan fingerprint density at radius 3 is 2.85 bits per heavy atom. The fraction of sp³-hybridized carbons (Fsp3) is 0.467. The zero-order valence-electron chi connectivity index (χ0n) is 11.5. The summed E-state index contributed by atoms with van der Waals surface area (Å²) in [6.07, 6.45) is 6.76. The van der Waals surface area contributed by atoms with Crippen LogP contribution >= 0.6 is 24.0 Å². The lowest BCUT2D eigenvalue weighted by molar-refractivity contribution is 0.353. The topological polar surface area (TPSA) is 37.8 Å². The van der Waals surface area contributed by atoms with Gasteiger partial charge >= 0.3 is 0 Å². The van der Waals surface area contributed by atoms with Gasteiger partial charge in [0.1, 0.15) is 0 Å². The minimum Gasteiger partial charge on any atom is -0.332 e. The van der Waals surface area contributed by atoms with Crippen LogP contribution < -0.4 is 5.56 Å². The lowest BCUT2D eigenvalue weighted by Gasteiger charge is -2.31. The van der Waals surface area contributed by atoms with E-state index in [0.29, 0.717) is 10.0 Å². The van der Waals surface area contributed by atoms with Gasteiger partial charge in [-0.3, -0.25) is 9.36 Å². The SMILES string of the molecule is CSC1CCCCC1n1c(=S)[nH]c2ccccc2c1=O. The first kappa shape index (κ1) is 13.9. The summed E-state index contributed by atoms with van der Waals surface area (Å²) >= 11 is 7.30. The van der Waals surface area contributed by atoms with E-state index in [1.165, 1.54) is 19.3 Å². The highest BCUT2D eigenvalue weighted by atomic mass is 32.2. The number of nitrogens with one attached hydrogen (secondary N) is 1. The van der Waals surface area contributed by atoms with Crippen molar-refractivity contribution in [3.8, 4) is 0 Å². The number of para-hydroxylation sites is 1. The van der Waals surface area contributed by atoms with E-state index in [-0.39, 0.29) is 11.6 Å². The number of benzene rings is 1. The molecule has 3 rings (SSSR count). The Morgan fingerprint density at radius 2 is 2.05 bits per heavy atom. The van der Waals surface area contributed by atoms with Crippen molar-refractivity contribution in [1.82, 2.24) is 9.55 Å². The van der Waals surface area contributed by atoms with Crippen LogP contribution in [0.4, 0.5) is 0 Å². The van der Waals surface area contributed by atoms with Crippen molar-refractivity contribution in [2.45, 2.75) is 37.0 Å². The minimum absolute atomic E-state index is 0.0512. The maximum Gasteiger partial charge on any atom is 0.262 e. The van der Waals surface area contributed by atoms with Gasteiger partial charge in [0.2, 0.25) is 0 Å². The Hall–Kier alpha value is -1.07. The number of H-pyrrole nitrogens is 1. The molecular weight excluding hydrogens is 288 g/mol. The zero-order valence-corrected chi connectivity index (χ0v) is 13.1. The molecule has 1 heterocycles. The molecule has 1 saturated carbocycles. The molecule has 0 saturated heterocycles. The number of rotatable bonds is 2. The van der Waals surface area contributed by atoms with Crippen molar-refractivity contribution in [1.29, 1.82) is 0 Å². The monoisotopic (exact) mass is 306 g/mol. The van der Waals surface area contributed by atoms with Gasteiger partial charge in [0, 0.05) is 5.25 Å². The van der Waals surface area contributed by atoms with Crippen LogP contribution in [0.15, 0.2) is 29.1 Å². The molecule has 3 nitrogen and oxygen atoms in total. The van der Waals surface area contributed by atoms with Gasteiger partial charge < -0.3 is 4.98 Å². The van der Waals surface area contributed by atoms with Crippen molar-refractivity contribution in [3.63, 3.8) is 0 Å². The number of aromatic amines is 1. The van der Waals surface area contributed by atoms with E-state index < -0.39 is 0 Å². The van der Waals surface area contributed by atoms with Crippen LogP contribution in [0.1, 0.15) is 31.7 Å². The normalized spacial score (nSPS) is 23.1. The summed E-state index contributed by atoms with van der Waals surface area (Å²) in [5, 5.41) is 1.21. The predicted octanol–water partition coefficient (Wildman–Crippen LogP) is 3.91. The first-order chi connectivity index (χ1) is 9.72. The number of aromatic nitrogens is 2. The van der Waals surface area contributed by atoms with Crippen LogP contribution in [0, 0.1) is 4.77 Å². The second-order valence-electron chi connectivity index (χ2n) is 5.28. The number of nitrogens with zero attached hydrogens (tertiary/aromatic N) is 1. The molecule has 1 aliphatic carbocycles. The Balaban J connectivity index is 2.20. The molecular formula is C15H18N2OS2. The van der Waals surface area contributed by atoms with Gasteiger partial charge in [0.25, 0.3) is 5.56 Å². The van der Waals surface area contributed by atoms with Crippen molar-refractivity contribution in [3.05, 3.63) is 39.4 Å². The zero-order chi connectivity index (χ0) is 14.1. The summed E-state index contributed by atoms with van der Waals surface area (Å²) in [6.45, 7) is 0. The Bertz CT molecular complexity index is 734. The summed E-state index contributed by atoms with van der Waals surface area (Å²) in [6, 6.07) is 7.82. The van der Waals surface area contributed by atoms with E-state index in [9.17, 15) is 4.79 Å².